The van der Waals surface area contributed by atoms with Crippen LogP contribution in [0.1, 0.15) is 33.1 Å². The molecule has 0 aromatic heterocycles. The van der Waals surface area contributed by atoms with Crippen LogP contribution in [0, 0.1) is 5.92 Å². The first-order valence-electron chi connectivity index (χ1n) is 5.18. The molecule has 0 aromatic carbocycles. The van der Waals surface area contributed by atoms with Gasteiger partial charge in [-0.25, -0.2) is 0 Å². The highest BCUT2D eigenvalue weighted by Crippen LogP contribution is 2.25. The number of rotatable bonds is 5. The predicted molar refractivity (Wildman–Crippen MR) is 51.3 cm³/mol. The fourth-order valence-electron chi connectivity index (χ4n) is 1.98. The third-order valence-corrected chi connectivity index (χ3v) is 2.59. The van der Waals surface area contributed by atoms with Gasteiger partial charge in [-0.15, -0.1) is 0 Å². The molecule has 1 aliphatic carbocycles. The maximum atomic E-state index is 5.42. The summed E-state index contributed by atoms with van der Waals surface area (Å²) >= 11 is 0. The Balaban J connectivity index is 2.08. The lowest BCUT2D eigenvalue weighted by Crippen LogP contribution is -2.26. The second-order valence-corrected chi connectivity index (χ2v) is 3.59. The lowest BCUT2D eigenvalue weighted by molar-refractivity contribution is 0.111. The van der Waals surface area contributed by atoms with Crippen LogP contribution in [0.5, 0.6) is 0 Å². The SMILES string of the molecule is CCNC1CCC(COCC)C1. The van der Waals surface area contributed by atoms with Crippen LogP contribution in [0.15, 0.2) is 0 Å². The molecule has 0 aliphatic heterocycles. The van der Waals surface area contributed by atoms with Crippen LogP contribution >= 0.6 is 0 Å². The van der Waals surface area contributed by atoms with Crippen LogP contribution in [-0.4, -0.2) is 25.8 Å². The summed E-state index contributed by atoms with van der Waals surface area (Å²) in [5.74, 6) is 0.814. The molecule has 0 bridgehead atoms. The van der Waals surface area contributed by atoms with Crippen molar-refractivity contribution in [1.29, 1.82) is 0 Å². The van der Waals surface area contributed by atoms with E-state index in [0.717, 1.165) is 31.7 Å². The number of ether oxygens (including phenoxy) is 1. The largest absolute Gasteiger partial charge is 0.381 e. The minimum atomic E-state index is 0.764. The monoisotopic (exact) mass is 171 g/mol. The Bertz CT molecular complexity index is 116. The van der Waals surface area contributed by atoms with Crippen LogP contribution in [0.3, 0.4) is 0 Å². The molecular weight excluding hydrogens is 150 g/mol. The summed E-state index contributed by atoms with van der Waals surface area (Å²) in [7, 11) is 0. The van der Waals surface area contributed by atoms with Crippen molar-refractivity contribution in [3.8, 4) is 0 Å². The fourth-order valence-corrected chi connectivity index (χ4v) is 1.98. The molecule has 1 fully saturated rings. The van der Waals surface area contributed by atoms with Gasteiger partial charge in [0.1, 0.15) is 0 Å². The highest BCUT2D eigenvalue weighted by molar-refractivity contribution is 4.79. The van der Waals surface area contributed by atoms with E-state index in [9.17, 15) is 0 Å². The van der Waals surface area contributed by atoms with Gasteiger partial charge in [0, 0.05) is 19.3 Å². The first-order valence-corrected chi connectivity index (χ1v) is 5.18. The fraction of sp³-hybridized carbons (Fsp3) is 1.00. The Labute approximate surface area is 75.7 Å². The van der Waals surface area contributed by atoms with Gasteiger partial charge in [-0.1, -0.05) is 6.92 Å². The lowest BCUT2D eigenvalue weighted by Gasteiger charge is -2.11. The van der Waals surface area contributed by atoms with Gasteiger partial charge in [0.05, 0.1) is 0 Å². The second-order valence-electron chi connectivity index (χ2n) is 3.59. The van der Waals surface area contributed by atoms with Crippen LogP contribution in [0.25, 0.3) is 0 Å². The Morgan fingerprint density at radius 1 is 1.33 bits per heavy atom. The van der Waals surface area contributed by atoms with Crippen molar-refractivity contribution in [3.05, 3.63) is 0 Å². The van der Waals surface area contributed by atoms with E-state index in [1.807, 2.05) is 0 Å². The summed E-state index contributed by atoms with van der Waals surface area (Å²) < 4.78 is 5.42. The topological polar surface area (TPSA) is 21.3 Å². The first-order chi connectivity index (χ1) is 5.86. The van der Waals surface area contributed by atoms with Crippen LogP contribution in [-0.2, 0) is 4.74 Å². The first kappa shape index (κ1) is 10.0. The smallest absolute Gasteiger partial charge is 0.0494 e. The summed E-state index contributed by atoms with van der Waals surface area (Å²) in [6, 6.07) is 0.764. The van der Waals surface area contributed by atoms with Crippen LogP contribution in [0.4, 0.5) is 0 Å². The molecule has 12 heavy (non-hydrogen) atoms. The van der Waals surface area contributed by atoms with Gasteiger partial charge in [-0.3, -0.25) is 0 Å². The summed E-state index contributed by atoms with van der Waals surface area (Å²) in [6.45, 7) is 7.18. The van der Waals surface area contributed by atoms with Gasteiger partial charge in [-0.2, -0.15) is 0 Å². The second kappa shape index (κ2) is 5.55. The quantitative estimate of drug-likeness (QED) is 0.681. The van der Waals surface area contributed by atoms with Crippen molar-refractivity contribution in [1.82, 2.24) is 5.32 Å². The molecule has 2 atom stereocenters. The number of hydrogen-bond donors (Lipinski definition) is 1. The van der Waals surface area contributed by atoms with Gasteiger partial charge < -0.3 is 10.1 Å². The lowest BCUT2D eigenvalue weighted by atomic mass is 10.1. The molecule has 1 N–H and O–H groups in total. The molecule has 72 valence electrons. The summed E-state index contributed by atoms with van der Waals surface area (Å²) in [6.07, 6.45) is 4.00. The van der Waals surface area contributed by atoms with Crippen molar-refractivity contribution in [2.75, 3.05) is 19.8 Å². The molecular formula is C10H21NO. The van der Waals surface area contributed by atoms with Gasteiger partial charge >= 0.3 is 0 Å². The standard InChI is InChI=1S/C10H21NO/c1-3-11-10-6-5-9(7-10)8-12-4-2/h9-11H,3-8H2,1-2H3. The van der Waals surface area contributed by atoms with E-state index in [1.165, 1.54) is 19.3 Å². The van der Waals surface area contributed by atoms with Crippen molar-refractivity contribution >= 4 is 0 Å². The van der Waals surface area contributed by atoms with Crippen LogP contribution in [0.2, 0.25) is 0 Å². The number of nitrogens with one attached hydrogen (secondary N) is 1. The van der Waals surface area contributed by atoms with Gasteiger partial charge in [-0.05, 0) is 38.6 Å². The molecule has 1 saturated carbocycles. The van der Waals surface area contributed by atoms with Gasteiger partial charge in [0.15, 0.2) is 0 Å². The molecule has 2 unspecified atom stereocenters. The molecule has 1 aliphatic rings. The zero-order valence-corrected chi connectivity index (χ0v) is 8.31. The summed E-state index contributed by atoms with van der Waals surface area (Å²) in [5.41, 5.74) is 0. The van der Waals surface area contributed by atoms with Crippen molar-refractivity contribution in [3.63, 3.8) is 0 Å². The van der Waals surface area contributed by atoms with E-state index in [-0.39, 0.29) is 0 Å². The molecule has 0 spiro atoms. The average molecular weight is 171 g/mol. The predicted octanol–water partition coefficient (Wildman–Crippen LogP) is 1.80. The number of hydrogen-bond acceptors (Lipinski definition) is 2. The van der Waals surface area contributed by atoms with Crippen molar-refractivity contribution in [2.24, 2.45) is 5.92 Å². The Morgan fingerprint density at radius 3 is 2.83 bits per heavy atom. The molecule has 2 nitrogen and oxygen atoms in total. The van der Waals surface area contributed by atoms with E-state index in [4.69, 9.17) is 4.74 Å². The summed E-state index contributed by atoms with van der Waals surface area (Å²) in [5, 5.41) is 3.50. The molecule has 0 amide bonds. The average Bonchev–Trinajstić information content (AvgIpc) is 2.50. The molecule has 0 radical (unpaired) electrons. The summed E-state index contributed by atoms with van der Waals surface area (Å²) in [4.78, 5) is 0. The Kier molecular flexibility index (Phi) is 4.62. The molecule has 0 heterocycles. The zero-order valence-electron chi connectivity index (χ0n) is 8.31. The third-order valence-electron chi connectivity index (χ3n) is 2.59. The van der Waals surface area contributed by atoms with Gasteiger partial charge in [0.2, 0.25) is 0 Å². The molecule has 0 saturated heterocycles. The van der Waals surface area contributed by atoms with E-state index >= 15 is 0 Å². The van der Waals surface area contributed by atoms with Crippen LogP contribution < -0.4 is 5.32 Å². The molecule has 1 rings (SSSR count). The molecule has 2 heteroatoms. The van der Waals surface area contributed by atoms with E-state index < -0.39 is 0 Å². The minimum absolute atomic E-state index is 0.764. The maximum absolute atomic E-state index is 5.42. The van der Waals surface area contributed by atoms with Crippen molar-refractivity contribution < 1.29 is 4.74 Å². The Hall–Kier alpha value is -0.0800. The highest BCUT2D eigenvalue weighted by Gasteiger charge is 2.23. The van der Waals surface area contributed by atoms with E-state index in [2.05, 4.69) is 19.2 Å². The van der Waals surface area contributed by atoms with E-state index in [0.29, 0.717) is 0 Å². The highest BCUT2D eigenvalue weighted by atomic mass is 16.5. The van der Waals surface area contributed by atoms with Crippen molar-refractivity contribution in [2.45, 2.75) is 39.2 Å². The zero-order chi connectivity index (χ0) is 8.81. The van der Waals surface area contributed by atoms with Gasteiger partial charge in [0.25, 0.3) is 0 Å². The Morgan fingerprint density at radius 2 is 2.17 bits per heavy atom. The maximum Gasteiger partial charge on any atom is 0.0494 e. The van der Waals surface area contributed by atoms with E-state index in [1.54, 1.807) is 0 Å². The third kappa shape index (κ3) is 3.11. The molecule has 0 aromatic rings. The minimum Gasteiger partial charge on any atom is -0.381 e. The normalized spacial score (nSPS) is 29.5.